The van der Waals surface area contributed by atoms with Crippen LogP contribution in [0.15, 0.2) is 24.3 Å². The maximum Gasteiger partial charge on any atom is 0.279 e. The Hall–Kier alpha value is -1.15. The van der Waals surface area contributed by atoms with Crippen molar-refractivity contribution in [1.82, 2.24) is 9.03 Å². The van der Waals surface area contributed by atoms with Gasteiger partial charge in [0.25, 0.3) is 10.2 Å². The van der Waals surface area contributed by atoms with Gasteiger partial charge in [-0.3, -0.25) is 0 Å². The molecule has 0 aliphatic rings. The van der Waals surface area contributed by atoms with Crippen molar-refractivity contribution in [2.45, 2.75) is 6.42 Å². The van der Waals surface area contributed by atoms with Crippen LogP contribution in [-0.2, 0) is 21.4 Å². The largest absolute Gasteiger partial charge is 0.399 e. The van der Waals surface area contributed by atoms with Gasteiger partial charge in [0.1, 0.15) is 0 Å². The predicted molar refractivity (Wildman–Crippen MR) is 76.0 cm³/mol. The summed E-state index contributed by atoms with van der Waals surface area (Å²) in [5.41, 5.74) is 7.32. The molecule has 0 fully saturated rings. The van der Waals surface area contributed by atoms with Crippen LogP contribution in [-0.4, -0.2) is 46.6 Å². The summed E-state index contributed by atoms with van der Waals surface area (Å²) in [6.45, 7) is 1.05. The molecule has 108 valence electrons. The van der Waals surface area contributed by atoms with Crippen molar-refractivity contribution in [2.24, 2.45) is 0 Å². The Bertz CT molecular complexity index is 473. The fraction of sp³-hybridized carbons (Fsp3) is 0.500. The Morgan fingerprint density at radius 1 is 1.32 bits per heavy atom. The normalized spacial score (nSPS) is 11.9. The maximum absolute atomic E-state index is 11.8. The third kappa shape index (κ3) is 5.56. The van der Waals surface area contributed by atoms with Crippen LogP contribution in [0.25, 0.3) is 0 Å². The molecule has 0 aliphatic carbocycles. The molecule has 1 aromatic rings. The average molecular weight is 287 g/mol. The van der Waals surface area contributed by atoms with E-state index in [1.54, 1.807) is 12.1 Å². The molecule has 0 aliphatic heterocycles. The number of rotatable bonds is 8. The van der Waals surface area contributed by atoms with Crippen molar-refractivity contribution in [3.05, 3.63) is 29.8 Å². The van der Waals surface area contributed by atoms with E-state index >= 15 is 0 Å². The lowest BCUT2D eigenvalue weighted by molar-refractivity contribution is 0.184. The van der Waals surface area contributed by atoms with E-state index in [1.807, 2.05) is 12.1 Å². The number of nitrogen functional groups attached to an aromatic ring is 1. The highest BCUT2D eigenvalue weighted by Gasteiger charge is 2.15. The first-order chi connectivity index (χ1) is 8.95. The molecule has 19 heavy (non-hydrogen) atoms. The second-order valence-corrected chi connectivity index (χ2v) is 6.07. The standard InChI is InChI=1S/C12H21N3O3S/c1-15(9-10-18-2)19(16,17)14-8-7-11-3-5-12(13)6-4-11/h3-6,14H,7-10,13H2,1-2H3. The SMILES string of the molecule is COCCN(C)S(=O)(=O)NCCc1ccc(N)cc1. The van der Waals surface area contributed by atoms with E-state index in [2.05, 4.69) is 4.72 Å². The van der Waals surface area contributed by atoms with Gasteiger partial charge < -0.3 is 10.5 Å². The number of nitrogens with zero attached hydrogens (tertiary/aromatic N) is 1. The van der Waals surface area contributed by atoms with E-state index in [0.29, 0.717) is 31.8 Å². The summed E-state index contributed by atoms with van der Waals surface area (Å²) in [6, 6.07) is 7.37. The van der Waals surface area contributed by atoms with Gasteiger partial charge in [-0.05, 0) is 24.1 Å². The van der Waals surface area contributed by atoms with Crippen molar-refractivity contribution >= 4 is 15.9 Å². The fourth-order valence-electron chi connectivity index (χ4n) is 1.46. The third-order valence-corrected chi connectivity index (χ3v) is 4.27. The maximum atomic E-state index is 11.8. The van der Waals surface area contributed by atoms with Gasteiger partial charge in [0.15, 0.2) is 0 Å². The summed E-state index contributed by atoms with van der Waals surface area (Å²) in [5, 5.41) is 0. The molecular weight excluding hydrogens is 266 g/mol. The molecule has 1 aromatic carbocycles. The monoisotopic (exact) mass is 287 g/mol. The second-order valence-electron chi connectivity index (χ2n) is 4.21. The van der Waals surface area contributed by atoms with Crippen LogP contribution in [0.3, 0.4) is 0 Å². The Labute approximate surface area is 114 Å². The van der Waals surface area contributed by atoms with Crippen molar-refractivity contribution in [3.8, 4) is 0 Å². The summed E-state index contributed by atoms with van der Waals surface area (Å²) >= 11 is 0. The zero-order valence-corrected chi connectivity index (χ0v) is 12.1. The summed E-state index contributed by atoms with van der Waals surface area (Å²) in [5.74, 6) is 0. The van der Waals surface area contributed by atoms with Gasteiger partial charge in [-0.15, -0.1) is 0 Å². The number of hydrogen-bond acceptors (Lipinski definition) is 4. The molecule has 7 heteroatoms. The summed E-state index contributed by atoms with van der Waals surface area (Å²) in [4.78, 5) is 0. The van der Waals surface area contributed by atoms with Crippen molar-refractivity contribution < 1.29 is 13.2 Å². The van der Waals surface area contributed by atoms with E-state index in [9.17, 15) is 8.42 Å². The lowest BCUT2D eigenvalue weighted by atomic mass is 10.1. The van der Waals surface area contributed by atoms with E-state index in [0.717, 1.165) is 5.56 Å². The predicted octanol–water partition coefficient (Wildman–Crippen LogP) is 0.224. The molecule has 0 radical (unpaired) electrons. The minimum Gasteiger partial charge on any atom is -0.399 e. The topological polar surface area (TPSA) is 84.7 Å². The molecule has 1 rings (SSSR count). The first-order valence-corrected chi connectivity index (χ1v) is 7.44. The number of nitrogens with one attached hydrogen (secondary N) is 1. The van der Waals surface area contributed by atoms with Gasteiger partial charge in [-0.1, -0.05) is 12.1 Å². The first-order valence-electron chi connectivity index (χ1n) is 6.00. The minimum atomic E-state index is -3.43. The molecule has 0 bridgehead atoms. The Morgan fingerprint density at radius 3 is 2.53 bits per heavy atom. The van der Waals surface area contributed by atoms with E-state index in [1.165, 1.54) is 18.5 Å². The van der Waals surface area contributed by atoms with Crippen LogP contribution in [0.2, 0.25) is 0 Å². The van der Waals surface area contributed by atoms with Gasteiger partial charge in [0, 0.05) is 32.9 Å². The highest BCUT2D eigenvalue weighted by molar-refractivity contribution is 7.87. The van der Waals surface area contributed by atoms with Crippen LogP contribution in [0.5, 0.6) is 0 Å². The van der Waals surface area contributed by atoms with E-state index < -0.39 is 10.2 Å². The highest BCUT2D eigenvalue weighted by Crippen LogP contribution is 2.05. The van der Waals surface area contributed by atoms with Crippen LogP contribution < -0.4 is 10.5 Å². The minimum absolute atomic E-state index is 0.327. The van der Waals surface area contributed by atoms with Crippen LogP contribution in [0.4, 0.5) is 5.69 Å². The molecule has 0 unspecified atom stereocenters. The zero-order valence-electron chi connectivity index (χ0n) is 11.3. The highest BCUT2D eigenvalue weighted by atomic mass is 32.2. The van der Waals surface area contributed by atoms with Gasteiger partial charge in [0.05, 0.1) is 6.61 Å². The number of ether oxygens (including phenoxy) is 1. The number of nitrogens with two attached hydrogens (primary N) is 1. The molecule has 0 aromatic heterocycles. The Morgan fingerprint density at radius 2 is 1.95 bits per heavy atom. The molecule has 0 heterocycles. The molecule has 0 saturated carbocycles. The molecule has 0 spiro atoms. The van der Waals surface area contributed by atoms with Crippen LogP contribution >= 0.6 is 0 Å². The quantitative estimate of drug-likeness (QED) is 0.670. The van der Waals surface area contributed by atoms with Crippen LogP contribution in [0, 0.1) is 0 Å². The molecule has 3 N–H and O–H groups in total. The van der Waals surface area contributed by atoms with Crippen LogP contribution in [0.1, 0.15) is 5.56 Å². The average Bonchev–Trinajstić information content (AvgIpc) is 2.38. The Balaban J connectivity index is 2.41. The third-order valence-electron chi connectivity index (χ3n) is 2.70. The molecule has 6 nitrogen and oxygen atoms in total. The molecule has 0 amide bonds. The number of anilines is 1. The van der Waals surface area contributed by atoms with E-state index in [-0.39, 0.29) is 0 Å². The summed E-state index contributed by atoms with van der Waals surface area (Å²) in [7, 11) is -0.377. The van der Waals surface area contributed by atoms with E-state index in [4.69, 9.17) is 10.5 Å². The molecule has 0 atom stereocenters. The van der Waals surface area contributed by atoms with Crippen molar-refractivity contribution in [3.63, 3.8) is 0 Å². The zero-order chi connectivity index (χ0) is 14.3. The van der Waals surface area contributed by atoms with Gasteiger partial charge in [0.2, 0.25) is 0 Å². The van der Waals surface area contributed by atoms with Gasteiger partial charge in [-0.2, -0.15) is 12.7 Å². The number of likely N-dealkylation sites (N-methyl/N-ethyl adjacent to an activating group) is 1. The number of methoxy groups -OCH3 is 1. The van der Waals surface area contributed by atoms with Crippen molar-refractivity contribution in [1.29, 1.82) is 0 Å². The fourth-order valence-corrected chi connectivity index (χ4v) is 2.35. The smallest absolute Gasteiger partial charge is 0.279 e. The van der Waals surface area contributed by atoms with Crippen molar-refractivity contribution in [2.75, 3.05) is 39.6 Å². The lowest BCUT2D eigenvalue weighted by Crippen LogP contribution is -2.40. The summed E-state index contributed by atoms with van der Waals surface area (Å²) < 4.78 is 32.3. The van der Waals surface area contributed by atoms with Gasteiger partial charge >= 0.3 is 0 Å². The Kier molecular flexibility index (Phi) is 6.23. The second kappa shape index (κ2) is 7.44. The molecular formula is C12H21N3O3S. The molecule has 0 saturated heterocycles. The number of benzene rings is 1. The van der Waals surface area contributed by atoms with Gasteiger partial charge in [-0.25, -0.2) is 4.72 Å². The first kappa shape index (κ1) is 15.9. The number of hydrogen-bond donors (Lipinski definition) is 2. The lowest BCUT2D eigenvalue weighted by Gasteiger charge is -2.17. The summed E-state index contributed by atoms with van der Waals surface area (Å²) in [6.07, 6.45) is 0.623.